The standard InChI is InChI=1S/C84H109N3O10/c1-4-5-6-7-8-9-10-11-12-13-18-36-49-78(91-60-72-50-54-75(88-2)55-51-72)80(92-64-73-52-56-76(89-3)57-53-73)77(87-58-74(85-86-87)48-35-17-15-14-16-24-37-67-38-25-19-26-39-67)65-96-84-83(95-63-71-46-33-23-34-47-71)82(94-62-70-44-31-22-32-45-70)81(93-61-69-42-29-21-30-43-69)79(97-84)66-90-59-68-40-27-20-28-41-68/h19-23,25-34,38-47,50-58,77-84H,4-18,24,35-37,48-49,59-66H2,1-3H3/t77-,78+,79?,80-,81-,82+,83-,84-/m0/s1. The molecule has 1 aliphatic heterocycles. The van der Waals surface area contributed by atoms with E-state index in [-0.39, 0.29) is 26.4 Å². The third-order valence-corrected chi connectivity index (χ3v) is 18.5. The maximum absolute atomic E-state index is 7.50. The molecule has 1 saturated heterocycles. The summed E-state index contributed by atoms with van der Waals surface area (Å²) in [5.41, 5.74) is 8.43. The zero-order valence-electron chi connectivity index (χ0n) is 58.2. The first-order valence-electron chi connectivity index (χ1n) is 36.3. The maximum atomic E-state index is 7.50. The van der Waals surface area contributed by atoms with Crippen LogP contribution in [0.3, 0.4) is 0 Å². The van der Waals surface area contributed by atoms with Gasteiger partial charge in [0.15, 0.2) is 6.29 Å². The second-order valence-electron chi connectivity index (χ2n) is 26.0. The Bertz CT molecular complexity index is 3250. The van der Waals surface area contributed by atoms with Gasteiger partial charge in [-0.15, -0.1) is 5.10 Å². The summed E-state index contributed by atoms with van der Waals surface area (Å²) in [5.74, 6) is 1.56. The third kappa shape index (κ3) is 26.6. The van der Waals surface area contributed by atoms with Gasteiger partial charge in [-0.05, 0) is 95.3 Å². The highest BCUT2D eigenvalue weighted by atomic mass is 16.7. The summed E-state index contributed by atoms with van der Waals surface area (Å²) in [4.78, 5) is 0. The molecule has 1 unspecified atom stereocenters. The Morgan fingerprint density at radius 2 is 0.825 bits per heavy atom. The lowest BCUT2D eigenvalue weighted by molar-refractivity contribution is -0.331. The third-order valence-electron chi connectivity index (χ3n) is 18.5. The van der Waals surface area contributed by atoms with Crippen LogP contribution in [0.25, 0.3) is 0 Å². The average Bonchev–Trinajstić information content (AvgIpc) is 1.27. The first kappa shape index (κ1) is 74.2. The lowest BCUT2D eigenvalue weighted by Crippen LogP contribution is -2.62. The van der Waals surface area contributed by atoms with Crippen molar-refractivity contribution in [3.63, 3.8) is 0 Å². The van der Waals surface area contributed by atoms with Crippen LogP contribution in [0.2, 0.25) is 0 Å². The summed E-state index contributed by atoms with van der Waals surface area (Å²) in [6.07, 6.45) is 21.8. The van der Waals surface area contributed by atoms with Crippen molar-refractivity contribution >= 4 is 0 Å². The second kappa shape index (κ2) is 44.1. The monoisotopic (exact) mass is 1320 g/mol. The summed E-state index contributed by atoms with van der Waals surface area (Å²) in [7, 11) is 3.38. The number of hydrogen-bond donors (Lipinski definition) is 0. The van der Waals surface area contributed by atoms with Gasteiger partial charge in [0.2, 0.25) is 0 Å². The number of ether oxygens (including phenoxy) is 10. The maximum Gasteiger partial charge on any atom is 0.187 e. The number of nitrogens with zero attached hydrogens (tertiary/aromatic N) is 3. The number of methoxy groups -OCH3 is 2. The summed E-state index contributed by atoms with van der Waals surface area (Å²) in [5, 5.41) is 9.97. The number of aromatic nitrogens is 3. The van der Waals surface area contributed by atoms with E-state index in [9.17, 15) is 0 Å². The number of benzene rings is 7. The van der Waals surface area contributed by atoms with Crippen molar-refractivity contribution in [1.29, 1.82) is 0 Å². The molecule has 7 aromatic carbocycles. The van der Waals surface area contributed by atoms with E-state index in [4.69, 9.17) is 57.7 Å². The quantitative estimate of drug-likeness (QED) is 0.0337. The van der Waals surface area contributed by atoms with Crippen LogP contribution in [0.4, 0.5) is 0 Å². The van der Waals surface area contributed by atoms with Crippen LogP contribution in [0.5, 0.6) is 11.5 Å². The molecule has 0 amide bonds. The Kier molecular flexibility index (Phi) is 33.7. The fraction of sp³-hybridized carbons (Fsp3) is 0.476. The lowest BCUT2D eigenvalue weighted by atomic mass is 9.97. The van der Waals surface area contributed by atoms with Crippen molar-refractivity contribution in [3.8, 4) is 11.5 Å². The largest absolute Gasteiger partial charge is 0.497 e. The smallest absolute Gasteiger partial charge is 0.187 e. The fourth-order valence-corrected chi connectivity index (χ4v) is 12.8. The molecule has 1 fully saturated rings. The topological polar surface area (TPSA) is 123 Å². The van der Waals surface area contributed by atoms with E-state index in [2.05, 4.69) is 116 Å². The number of hydrogen-bond acceptors (Lipinski definition) is 12. The van der Waals surface area contributed by atoms with Crippen LogP contribution in [0, 0.1) is 0 Å². The lowest BCUT2D eigenvalue weighted by Gasteiger charge is -2.46. The summed E-state index contributed by atoms with van der Waals surface area (Å²) in [6, 6.07) is 67.3. The van der Waals surface area contributed by atoms with Crippen LogP contribution in [0.1, 0.15) is 180 Å². The number of unbranched alkanes of at least 4 members (excludes halogenated alkanes) is 16. The van der Waals surface area contributed by atoms with E-state index >= 15 is 0 Å². The minimum Gasteiger partial charge on any atom is -0.497 e. The molecule has 0 bridgehead atoms. The van der Waals surface area contributed by atoms with Gasteiger partial charge in [-0.25, -0.2) is 4.68 Å². The van der Waals surface area contributed by atoms with Gasteiger partial charge < -0.3 is 47.4 Å². The zero-order chi connectivity index (χ0) is 67.0. The van der Waals surface area contributed by atoms with Crippen molar-refractivity contribution in [2.24, 2.45) is 0 Å². The first-order valence-corrected chi connectivity index (χ1v) is 36.3. The van der Waals surface area contributed by atoms with E-state index in [1.807, 2.05) is 102 Å². The molecule has 13 nitrogen and oxygen atoms in total. The Hall–Kier alpha value is -7.04. The summed E-state index contributed by atoms with van der Waals surface area (Å²) in [6.45, 7) is 4.42. The molecule has 8 aromatic rings. The highest BCUT2D eigenvalue weighted by molar-refractivity contribution is 5.28. The van der Waals surface area contributed by atoms with Crippen molar-refractivity contribution in [2.75, 3.05) is 27.4 Å². The van der Waals surface area contributed by atoms with Crippen LogP contribution in [-0.2, 0) is 90.4 Å². The van der Waals surface area contributed by atoms with Crippen LogP contribution >= 0.6 is 0 Å². The molecule has 1 aliphatic rings. The van der Waals surface area contributed by atoms with Crippen molar-refractivity contribution in [2.45, 2.75) is 230 Å². The van der Waals surface area contributed by atoms with Crippen LogP contribution < -0.4 is 9.47 Å². The summed E-state index contributed by atoms with van der Waals surface area (Å²) < 4.78 is 70.9. The van der Waals surface area contributed by atoms with E-state index in [0.717, 1.165) is 102 Å². The van der Waals surface area contributed by atoms with Gasteiger partial charge in [-0.2, -0.15) is 0 Å². The van der Waals surface area contributed by atoms with Gasteiger partial charge in [0, 0.05) is 6.20 Å². The van der Waals surface area contributed by atoms with E-state index in [0.29, 0.717) is 26.4 Å². The van der Waals surface area contributed by atoms with E-state index < -0.39 is 49.0 Å². The molecule has 520 valence electrons. The number of rotatable bonds is 49. The van der Waals surface area contributed by atoms with Gasteiger partial charge in [-0.3, -0.25) is 0 Å². The van der Waals surface area contributed by atoms with E-state index in [1.54, 1.807) is 14.2 Å². The average molecular weight is 1320 g/mol. The highest BCUT2D eigenvalue weighted by Gasteiger charge is 2.50. The Balaban J connectivity index is 1.05. The summed E-state index contributed by atoms with van der Waals surface area (Å²) >= 11 is 0. The van der Waals surface area contributed by atoms with Gasteiger partial charge in [0.05, 0.1) is 78.9 Å². The predicted molar refractivity (Wildman–Crippen MR) is 385 cm³/mol. The molecule has 0 saturated carbocycles. The molecule has 0 aliphatic carbocycles. The Morgan fingerprint density at radius 3 is 1.33 bits per heavy atom. The molecule has 0 spiro atoms. The minimum absolute atomic E-state index is 0.0777. The molecule has 0 radical (unpaired) electrons. The Labute approximate surface area is 579 Å². The van der Waals surface area contributed by atoms with Gasteiger partial charge in [-0.1, -0.05) is 291 Å². The zero-order valence-corrected chi connectivity index (χ0v) is 58.2. The predicted octanol–water partition coefficient (Wildman–Crippen LogP) is 18.9. The van der Waals surface area contributed by atoms with Gasteiger partial charge in [0.25, 0.3) is 0 Å². The van der Waals surface area contributed by atoms with Gasteiger partial charge >= 0.3 is 0 Å². The normalized spacial score (nSPS) is 17.2. The molecule has 13 heteroatoms. The van der Waals surface area contributed by atoms with Crippen molar-refractivity contribution < 1.29 is 47.4 Å². The van der Waals surface area contributed by atoms with E-state index in [1.165, 1.54) is 89.0 Å². The fourth-order valence-electron chi connectivity index (χ4n) is 12.8. The molecule has 97 heavy (non-hydrogen) atoms. The number of aryl methyl sites for hydroxylation is 2. The van der Waals surface area contributed by atoms with Crippen LogP contribution in [0.15, 0.2) is 206 Å². The molecular formula is C84H109N3O10. The molecule has 1 aromatic heterocycles. The highest BCUT2D eigenvalue weighted by Crippen LogP contribution is 2.35. The first-order chi connectivity index (χ1) is 48.0. The molecule has 9 rings (SSSR count). The van der Waals surface area contributed by atoms with Crippen LogP contribution in [-0.4, -0.2) is 85.3 Å². The minimum atomic E-state index is -0.998. The molecule has 2 heterocycles. The second-order valence-corrected chi connectivity index (χ2v) is 26.0. The van der Waals surface area contributed by atoms with Gasteiger partial charge in [0.1, 0.15) is 48.1 Å². The molecule has 8 atom stereocenters. The Morgan fingerprint density at radius 1 is 0.402 bits per heavy atom. The SMILES string of the molecule is CCCCCCCCCCCCCC[C@@H](OCc1ccc(OC)cc1)[C@@H](OCc1ccc(OC)cc1)[C@H](CO[C@H]1OC(COCc2ccccc2)[C@H](OCc2ccccc2)[C@@H](OCc2ccccc2)[C@@H]1OCc1ccccc1)n1cc(CCCCCCCCc2ccccc2)nn1. The molecular weight excluding hydrogens is 1210 g/mol. The van der Waals surface area contributed by atoms with Crippen molar-refractivity contribution in [1.82, 2.24) is 15.0 Å². The molecule has 0 N–H and O–H groups in total. The van der Waals surface area contributed by atoms with Crippen molar-refractivity contribution in [3.05, 3.63) is 251 Å².